The number of fused-ring (bicyclic) bond motifs is 4. The number of carbonyl (C=O) groups is 2. The van der Waals surface area contributed by atoms with E-state index in [0.717, 1.165) is 74.6 Å². The zero-order valence-electron chi connectivity index (χ0n) is 36.1. The number of rotatable bonds is 13. The van der Waals surface area contributed by atoms with Crippen molar-refractivity contribution in [1.29, 1.82) is 0 Å². The van der Waals surface area contributed by atoms with Crippen molar-refractivity contribution >= 4 is 39.3 Å². The van der Waals surface area contributed by atoms with Gasteiger partial charge in [0.2, 0.25) is 11.8 Å². The molecule has 5 atom stereocenters. The molecule has 8 rings (SSSR count). The number of benzene rings is 2. The molecule has 4 N–H and O–H groups in total. The minimum absolute atomic E-state index is 0.0365. The van der Waals surface area contributed by atoms with E-state index in [0.29, 0.717) is 60.9 Å². The third kappa shape index (κ3) is 9.40. The lowest BCUT2D eigenvalue weighted by atomic mass is 9.85. The number of hydrogen-bond donors (Lipinski definition) is 4. The van der Waals surface area contributed by atoms with Gasteiger partial charge in [0.25, 0.3) is 0 Å². The van der Waals surface area contributed by atoms with Gasteiger partial charge in [-0.05, 0) is 98.3 Å². The number of likely N-dealkylation sites (tertiary alicyclic amines) is 2. The van der Waals surface area contributed by atoms with Gasteiger partial charge in [-0.15, -0.1) is 0 Å². The molecule has 14 nitrogen and oxygen atoms in total. The highest BCUT2D eigenvalue weighted by Gasteiger charge is 2.41. The number of aliphatic hydroxyl groups excluding tert-OH is 1. The number of aromatic hydroxyl groups is 1. The van der Waals surface area contributed by atoms with Gasteiger partial charge in [0, 0.05) is 56.1 Å². The molecule has 4 saturated heterocycles. The molecule has 2 aromatic heterocycles. The van der Waals surface area contributed by atoms with Crippen molar-refractivity contribution in [2.45, 2.75) is 103 Å². The largest absolute Gasteiger partial charge is 0.508 e. The van der Waals surface area contributed by atoms with Crippen molar-refractivity contribution in [3.05, 3.63) is 47.9 Å². The zero-order valence-corrected chi connectivity index (χ0v) is 36.1. The Bertz CT molecular complexity index is 2230. The summed E-state index contributed by atoms with van der Waals surface area (Å²) >= 11 is 0. The number of ether oxygens (including phenoxy) is 2. The highest BCUT2D eigenvalue weighted by molar-refractivity contribution is 6.01. The van der Waals surface area contributed by atoms with Gasteiger partial charge in [-0.1, -0.05) is 45.9 Å². The van der Waals surface area contributed by atoms with Crippen LogP contribution in [0.5, 0.6) is 11.8 Å². The number of β-amino-alcohol motifs (C(OH)–C–C–N with tert-alkyl or cyclic N) is 1. The fourth-order valence-electron chi connectivity index (χ4n) is 9.74. The zero-order chi connectivity index (χ0) is 43.0. The lowest BCUT2D eigenvalue weighted by Gasteiger charge is -2.35. The second kappa shape index (κ2) is 18.0. The number of halogens is 1. The number of aliphatic hydroxyl groups is 1. The smallest absolute Gasteiger partial charge is 0.319 e. The molecule has 328 valence electrons. The van der Waals surface area contributed by atoms with Crippen LogP contribution in [0.25, 0.3) is 32.9 Å². The van der Waals surface area contributed by atoms with Crippen LogP contribution in [0.1, 0.15) is 72.3 Å². The predicted octanol–water partition coefficient (Wildman–Crippen LogP) is 4.81. The Kier molecular flexibility index (Phi) is 12.6. The Morgan fingerprint density at radius 3 is 2.51 bits per heavy atom. The molecule has 4 fully saturated rings. The molecule has 2 aromatic carbocycles. The summed E-state index contributed by atoms with van der Waals surface area (Å²) in [5.74, 6) is -0.145. The van der Waals surface area contributed by atoms with Gasteiger partial charge in [0.15, 0.2) is 5.82 Å². The monoisotopic (exact) mass is 840 g/mol. The number of nitrogens with zero attached hydrogens (tertiary/aromatic N) is 6. The summed E-state index contributed by atoms with van der Waals surface area (Å²) in [6, 6.07) is 9.12. The number of piperidine rings is 1. The number of pyridine rings is 1. The van der Waals surface area contributed by atoms with Crippen LogP contribution in [-0.4, -0.2) is 136 Å². The maximum absolute atomic E-state index is 17.0. The highest BCUT2D eigenvalue weighted by Crippen LogP contribution is 2.39. The topological polar surface area (TPSA) is 166 Å². The van der Waals surface area contributed by atoms with Crippen LogP contribution in [0.15, 0.2) is 36.5 Å². The number of phenolic OH excluding ortho intramolecular Hbond substituents is 1. The van der Waals surface area contributed by atoms with Crippen LogP contribution in [0.2, 0.25) is 0 Å². The van der Waals surface area contributed by atoms with Crippen molar-refractivity contribution in [2.75, 3.05) is 64.0 Å². The predicted molar refractivity (Wildman–Crippen MR) is 232 cm³/mol. The van der Waals surface area contributed by atoms with Crippen LogP contribution in [-0.2, 0) is 20.7 Å². The molecule has 0 aliphatic carbocycles. The van der Waals surface area contributed by atoms with Gasteiger partial charge in [0.05, 0.1) is 18.1 Å². The number of carbonyl (C=O) groups excluding carboxylic acids is 2. The standard InChI is InChI=1S/C46H61FN8O6/c1-6-29-8-7-9-30-19-33(56)20-35(38(29)30)40-39(47)41-36(21-48-40)43(54-22-31-10-11-32(23-54)49-31)52-45(51-41)61-17-16-53-14-12-28(13-15-53)25-60-26-37(58)50-42(46(3,4)5)44(59)55-24-34(57)18-27(55)2/h7-9,19-21,27-28,31-32,34,42,49,56-57H,6,10-18,22-26H2,1-5H3,(H,50,58). The fraction of sp³-hybridized carbons (Fsp3) is 0.587. The number of hydrogen-bond acceptors (Lipinski definition) is 12. The Morgan fingerprint density at radius 2 is 1.82 bits per heavy atom. The number of piperazine rings is 1. The summed E-state index contributed by atoms with van der Waals surface area (Å²) in [5.41, 5.74) is 1.30. The van der Waals surface area contributed by atoms with E-state index in [4.69, 9.17) is 14.5 Å². The van der Waals surface area contributed by atoms with Crippen LogP contribution in [0.4, 0.5) is 10.2 Å². The number of amides is 2. The number of aryl methyl sites for hydroxylation is 1. The van der Waals surface area contributed by atoms with Crippen molar-refractivity contribution in [1.82, 2.24) is 35.4 Å². The second-order valence-electron chi connectivity index (χ2n) is 18.7. The van der Waals surface area contributed by atoms with Crippen molar-refractivity contribution in [3.8, 4) is 23.0 Å². The summed E-state index contributed by atoms with van der Waals surface area (Å²) in [6.07, 6.45) is 6.33. The molecule has 61 heavy (non-hydrogen) atoms. The van der Waals surface area contributed by atoms with E-state index in [-0.39, 0.29) is 54.0 Å². The van der Waals surface area contributed by atoms with E-state index in [1.165, 1.54) is 0 Å². The summed E-state index contributed by atoms with van der Waals surface area (Å²) < 4.78 is 29.1. The number of aromatic nitrogens is 3. The first-order valence-electron chi connectivity index (χ1n) is 22.1. The molecule has 15 heteroatoms. The normalized spacial score (nSPS) is 22.9. The molecule has 2 bridgehead atoms. The van der Waals surface area contributed by atoms with Crippen LogP contribution >= 0.6 is 0 Å². The minimum Gasteiger partial charge on any atom is -0.508 e. The summed E-state index contributed by atoms with van der Waals surface area (Å²) in [6.45, 7) is 14.4. The number of anilines is 1. The van der Waals surface area contributed by atoms with Crippen molar-refractivity contribution in [2.24, 2.45) is 11.3 Å². The first-order valence-corrected chi connectivity index (χ1v) is 22.1. The maximum atomic E-state index is 17.0. The van der Waals surface area contributed by atoms with E-state index in [9.17, 15) is 19.8 Å². The quantitative estimate of drug-likeness (QED) is 0.146. The molecule has 4 aliphatic heterocycles. The molecule has 5 unspecified atom stereocenters. The second-order valence-corrected chi connectivity index (χ2v) is 18.7. The molecule has 0 spiro atoms. The first-order chi connectivity index (χ1) is 29.2. The van der Waals surface area contributed by atoms with Crippen LogP contribution < -0.4 is 20.3 Å². The Balaban J connectivity index is 0.897. The van der Waals surface area contributed by atoms with Crippen molar-refractivity contribution < 1.29 is 33.7 Å². The molecule has 4 aliphatic rings. The maximum Gasteiger partial charge on any atom is 0.319 e. The molecule has 0 radical (unpaired) electrons. The van der Waals surface area contributed by atoms with E-state index in [1.54, 1.807) is 23.2 Å². The first kappa shape index (κ1) is 43.0. The lowest BCUT2D eigenvalue weighted by molar-refractivity contribution is -0.141. The van der Waals surface area contributed by atoms with Gasteiger partial charge in [-0.2, -0.15) is 9.97 Å². The molecular weight excluding hydrogens is 780 g/mol. The number of phenols is 1. The summed E-state index contributed by atoms with van der Waals surface area (Å²) in [5, 5.41) is 29.5. The van der Waals surface area contributed by atoms with Gasteiger partial charge in [-0.3, -0.25) is 19.5 Å². The van der Waals surface area contributed by atoms with E-state index in [1.807, 2.05) is 45.9 Å². The third-order valence-electron chi connectivity index (χ3n) is 13.0. The van der Waals surface area contributed by atoms with Gasteiger partial charge < -0.3 is 40.1 Å². The molecular formula is C46H61FN8O6. The van der Waals surface area contributed by atoms with Gasteiger partial charge in [-0.25, -0.2) is 4.39 Å². The SMILES string of the molecule is CCc1cccc2cc(O)cc(-c3ncc4c(N5CC6CCC(C5)N6)nc(OCCN5CCC(COCC(=O)NC(C(=O)N6CC(O)CC6C)C(C)(C)C)CC5)nc4c3F)c12. The Morgan fingerprint density at radius 1 is 1.07 bits per heavy atom. The van der Waals surface area contributed by atoms with Crippen molar-refractivity contribution in [3.63, 3.8) is 0 Å². The highest BCUT2D eigenvalue weighted by atomic mass is 19.1. The third-order valence-corrected chi connectivity index (χ3v) is 13.0. The van der Waals surface area contributed by atoms with E-state index < -0.39 is 23.4 Å². The van der Waals surface area contributed by atoms with Gasteiger partial charge in [0.1, 0.15) is 42.0 Å². The Labute approximate surface area is 357 Å². The molecule has 0 saturated carbocycles. The molecule has 4 aromatic rings. The Hall–Kier alpha value is -4.70. The van der Waals surface area contributed by atoms with Crippen LogP contribution in [0, 0.1) is 17.2 Å². The number of nitrogens with one attached hydrogen (secondary N) is 2. The van der Waals surface area contributed by atoms with E-state index in [2.05, 4.69) is 37.3 Å². The average Bonchev–Trinajstić information content (AvgIpc) is 3.76. The van der Waals surface area contributed by atoms with Gasteiger partial charge >= 0.3 is 6.01 Å². The average molecular weight is 841 g/mol. The fourth-order valence-corrected chi connectivity index (χ4v) is 9.74. The van der Waals surface area contributed by atoms with E-state index >= 15 is 4.39 Å². The summed E-state index contributed by atoms with van der Waals surface area (Å²) in [4.78, 5) is 46.8. The van der Waals surface area contributed by atoms with Crippen LogP contribution in [0.3, 0.4) is 0 Å². The minimum atomic E-state index is -0.724. The molecule has 2 amide bonds. The summed E-state index contributed by atoms with van der Waals surface area (Å²) in [7, 11) is 0. The lowest BCUT2D eigenvalue weighted by Crippen LogP contribution is -2.56. The molecule has 6 heterocycles.